The Morgan fingerprint density at radius 1 is 1.43 bits per heavy atom. The van der Waals surface area contributed by atoms with Crippen LogP contribution in [0.1, 0.15) is 26.7 Å². The topological polar surface area (TPSA) is 83.8 Å². The smallest absolute Gasteiger partial charge is 0.369 e. The van der Waals surface area contributed by atoms with E-state index in [4.69, 9.17) is 10.4 Å². The third-order valence-electron chi connectivity index (χ3n) is 1.63. The van der Waals surface area contributed by atoms with E-state index in [1.165, 1.54) is 0 Å². The molecule has 0 aromatic heterocycles. The molecular formula is C9H14O5. The van der Waals surface area contributed by atoms with Gasteiger partial charge in [0.1, 0.15) is 0 Å². The molecule has 0 aromatic rings. The molecule has 0 spiro atoms. The van der Waals surface area contributed by atoms with Crippen LogP contribution in [0.4, 0.5) is 0 Å². The van der Waals surface area contributed by atoms with Crippen molar-refractivity contribution in [2.75, 3.05) is 0 Å². The van der Waals surface area contributed by atoms with Gasteiger partial charge in [-0.1, -0.05) is 13.8 Å². The van der Waals surface area contributed by atoms with Crippen LogP contribution < -0.4 is 0 Å². The highest BCUT2D eigenvalue weighted by Gasteiger charge is 2.13. The highest BCUT2D eigenvalue weighted by atomic mass is 17.1. The Bertz CT molecular complexity index is 242. The molecule has 0 bridgehead atoms. The Hall–Kier alpha value is -1.36. The van der Waals surface area contributed by atoms with Crippen molar-refractivity contribution >= 4 is 11.9 Å². The van der Waals surface area contributed by atoms with Gasteiger partial charge in [0.05, 0.1) is 0 Å². The number of carboxylic acids is 1. The van der Waals surface area contributed by atoms with Gasteiger partial charge in [0.2, 0.25) is 0 Å². The van der Waals surface area contributed by atoms with Gasteiger partial charge in [-0.2, -0.15) is 5.26 Å². The summed E-state index contributed by atoms with van der Waals surface area (Å²) >= 11 is 0. The maximum absolute atomic E-state index is 10.9. The van der Waals surface area contributed by atoms with E-state index in [0.29, 0.717) is 12.3 Å². The third kappa shape index (κ3) is 5.31. The quantitative estimate of drug-likeness (QED) is 0.400. The Labute approximate surface area is 81.9 Å². The van der Waals surface area contributed by atoms with Crippen LogP contribution in [0.2, 0.25) is 0 Å². The Morgan fingerprint density at radius 3 is 2.36 bits per heavy atom. The molecule has 14 heavy (non-hydrogen) atoms. The Balaban J connectivity index is 4.41. The molecule has 0 saturated carbocycles. The zero-order chi connectivity index (χ0) is 11.1. The van der Waals surface area contributed by atoms with Gasteiger partial charge in [0.15, 0.2) is 0 Å². The van der Waals surface area contributed by atoms with Crippen LogP contribution in [0.25, 0.3) is 0 Å². The van der Waals surface area contributed by atoms with Crippen LogP contribution in [0.3, 0.4) is 0 Å². The number of aliphatic carboxylic acids is 1. The fourth-order valence-electron chi connectivity index (χ4n) is 0.885. The molecule has 0 fully saturated rings. The van der Waals surface area contributed by atoms with Crippen LogP contribution in [-0.4, -0.2) is 22.3 Å². The SMILES string of the molecule is CC(C)CC/C(=C/C(=O)O)C(=O)OO. The molecule has 0 amide bonds. The third-order valence-corrected chi connectivity index (χ3v) is 1.63. The highest BCUT2D eigenvalue weighted by Crippen LogP contribution is 2.12. The van der Waals surface area contributed by atoms with Crippen molar-refractivity contribution in [3.8, 4) is 0 Å². The number of rotatable bonds is 5. The molecule has 0 radical (unpaired) electrons. The van der Waals surface area contributed by atoms with Crippen LogP contribution >= 0.6 is 0 Å². The van der Waals surface area contributed by atoms with E-state index in [2.05, 4.69) is 4.89 Å². The van der Waals surface area contributed by atoms with Crippen LogP contribution in [-0.2, 0) is 14.5 Å². The lowest BCUT2D eigenvalue weighted by atomic mass is 10.0. The highest BCUT2D eigenvalue weighted by molar-refractivity contribution is 5.95. The van der Waals surface area contributed by atoms with Gasteiger partial charge in [0, 0.05) is 11.6 Å². The standard InChI is InChI=1S/C9H14O5/c1-6(2)3-4-7(5-8(10)11)9(12)14-13/h5-6,13H,3-4H2,1-2H3,(H,10,11)/b7-5-. The predicted octanol–water partition coefficient (Wildman–Crippen LogP) is 1.45. The summed E-state index contributed by atoms with van der Waals surface area (Å²) in [6, 6.07) is 0. The fourth-order valence-corrected chi connectivity index (χ4v) is 0.885. The first-order chi connectivity index (χ1) is 6.47. The van der Waals surface area contributed by atoms with Gasteiger partial charge in [-0.25, -0.2) is 9.59 Å². The zero-order valence-electron chi connectivity index (χ0n) is 8.19. The second-order valence-electron chi connectivity index (χ2n) is 3.32. The molecule has 0 saturated heterocycles. The maximum Gasteiger partial charge on any atom is 0.369 e. The Kier molecular flexibility index (Phi) is 5.55. The van der Waals surface area contributed by atoms with Crippen LogP contribution in [0.15, 0.2) is 11.6 Å². The van der Waals surface area contributed by atoms with Gasteiger partial charge in [-0.15, -0.1) is 0 Å². The summed E-state index contributed by atoms with van der Waals surface area (Å²) in [5, 5.41) is 16.5. The van der Waals surface area contributed by atoms with Crippen molar-refractivity contribution in [3.05, 3.63) is 11.6 Å². The first kappa shape index (κ1) is 12.6. The van der Waals surface area contributed by atoms with E-state index in [0.717, 1.165) is 6.08 Å². The minimum absolute atomic E-state index is 0.0336. The van der Waals surface area contributed by atoms with E-state index >= 15 is 0 Å². The summed E-state index contributed by atoms with van der Waals surface area (Å²) in [7, 11) is 0. The maximum atomic E-state index is 10.9. The number of carboxylic acid groups (broad SMARTS) is 1. The zero-order valence-corrected chi connectivity index (χ0v) is 8.19. The van der Waals surface area contributed by atoms with E-state index in [9.17, 15) is 9.59 Å². The van der Waals surface area contributed by atoms with Crippen LogP contribution in [0, 0.1) is 5.92 Å². The van der Waals surface area contributed by atoms with E-state index in [-0.39, 0.29) is 12.0 Å². The minimum atomic E-state index is -1.23. The average Bonchev–Trinajstić information content (AvgIpc) is 2.10. The van der Waals surface area contributed by atoms with Crippen molar-refractivity contribution in [1.29, 1.82) is 0 Å². The van der Waals surface area contributed by atoms with Crippen molar-refractivity contribution in [1.82, 2.24) is 0 Å². The molecule has 0 heterocycles. The number of carbonyl (C=O) groups excluding carboxylic acids is 1. The molecule has 0 unspecified atom stereocenters. The largest absolute Gasteiger partial charge is 0.478 e. The normalized spacial score (nSPS) is 11.6. The van der Waals surface area contributed by atoms with E-state index < -0.39 is 11.9 Å². The summed E-state index contributed by atoms with van der Waals surface area (Å²) in [5.74, 6) is -1.89. The van der Waals surface area contributed by atoms with Crippen molar-refractivity contribution in [2.45, 2.75) is 26.7 Å². The summed E-state index contributed by atoms with van der Waals surface area (Å²) in [6.07, 6.45) is 1.69. The molecule has 5 nitrogen and oxygen atoms in total. The average molecular weight is 202 g/mol. The molecular weight excluding hydrogens is 188 g/mol. The molecule has 2 N–H and O–H groups in total. The molecule has 0 aliphatic heterocycles. The predicted molar refractivity (Wildman–Crippen MR) is 48.5 cm³/mol. The second-order valence-corrected chi connectivity index (χ2v) is 3.32. The van der Waals surface area contributed by atoms with Crippen molar-refractivity contribution in [3.63, 3.8) is 0 Å². The lowest BCUT2D eigenvalue weighted by Crippen LogP contribution is -2.08. The van der Waals surface area contributed by atoms with Gasteiger partial charge >= 0.3 is 11.9 Å². The molecule has 80 valence electrons. The number of hydrogen-bond acceptors (Lipinski definition) is 4. The fraction of sp³-hybridized carbons (Fsp3) is 0.556. The molecule has 0 aliphatic carbocycles. The molecule has 0 rings (SSSR count). The first-order valence-electron chi connectivity index (χ1n) is 4.26. The van der Waals surface area contributed by atoms with E-state index in [1.807, 2.05) is 13.8 Å². The van der Waals surface area contributed by atoms with Crippen molar-refractivity contribution in [2.24, 2.45) is 5.92 Å². The second kappa shape index (κ2) is 6.15. The Morgan fingerprint density at radius 2 is 2.00 bits per heavy atom. The molecule has 5 heteroatoms. The van der Waals surface area contributed by atoms with Gasteiger partial charge in [0.25, 0.3) is 0 Å². The molecule has 0 atom stereocenters. The lowest BCUT2D eigenvalue weighted by molar-refractivity contribution is -0.229. The summed E-state index contributed by atoms with van der Waals surface area (Å²) in [6.45, 7) is 3.89. The first-order valence-corrected chi connectivity index (χ1v) is 4.26. The van der Waals surface area contributed by atoms with Gasteiger partial charge < -0.3 is 5.11 Å². The van der Waals surface area contributed by atoms with Crippen LogP contribution in [0.5, 0.6) is 0 Å². The summed E-state index contributed by atoms with van der Waals surface area (Å²) in [4.78, 5) is 24.6. The minimum Gasteiger partial charge on any atom is -0.478 e. The van der Waals surface area contributed by atoms with Gasteiger partial charge in [-0.05, 0) is 18.8 Å². The molecule has 0 aromatic carbocycles. The monoisotopic (exact) mass is 202 g/mol. The number of hydrogen-bond donors (Lipinski definition) is 2. The summed E-state index contributed by atoms with van der Waals surface area (Å²) in [5.41, 5.74) is -0.0336. The lowest BCUT2D eigenvalue weighted by Gasteiger charge is -2.05. The molecule has 0 aliphatic rings. The van der Waals surface area contributed by atoms with Gasteiger partial charge in [-0.3, -0.25) is 4.89 Å². The van der Waals surface area contributed by atoms with E-state index in [1.54, 1.807) is 0 Å². The number of carbonyl (C=O) groups is 2. The summed E-state index contributed by atoms with van der Waals surface area (Å²) < 4.78 is 0. The van der Waals surface area contributed by atoms with Crippen molar-refractivity contribution < 1.29 is 24.8 Å².